The van der Waals surface area contributed by atoms with Crippen molar-refractivity contribution in [3.63, 3.8) is 0 Å². The number of anilines is 2. The van der Waals surface area contributed by atoms with Gasteiger partial charge in [-0.25, -0.2) is 14.3 Å². The molecule has 1 aliphatic heterocycles. The SMILES string of the molecule is Cn1c(=O)n(-c2nc(C(=O)Nc3cnccc3N3CCNCC3)cs2)c2cnccc21. The van der Waals surface area contributed by atoms with E-state index in [1.807, 2.05) is 6.07 Å². The number of fused-ring (bicyclic) bond motifs is 1. The predicted octanol–water partition coefficient (Wildman–Crippen LogP) is 1.24. The Kier molecular flexibility index (Phi) is 4.96. The quantitative estimate of drug-likeness (QED) is 0.495. The minimum atomic E-state index is -0.349. The van der Waals surface area contributed by atoms with Gasteiger partial charge in [0, 0.05) is 51.0 Å². The third-order valence-electron chi connectivity index (χ3n) is 5.28. The van der Waals surface area contributed by atoms with Gasteiger partial charge in [0.1, 0.15) is 5.69 Å². The molecule has 1 fully saturated rings. The van der Waals surface area contributed by atoms with Gasteiger partial charge in [-0.3, -0.25) is 19.3 Å². The summed E-state index contributed by atoms with van der Waals surface area (Å²) in [7, 11) is 1.70. The van der Waals surface area contributed by atoms with Crippen LogP contribution in [-0.2, 0) is 7.05 Å². The number of pyridine rings is 2. The third-order valence-corrected chi connectivity index (χ3v) is 6.10. The van der Waals surface area contributed by atoms with E-state index >= 15 is 0 Å². The number of amides is 1. The molecule has 1 aliphatic rings. The topological polar surface area (TPSA) is 110 Å². The number of imidazole rings is 1. The first kappa shape index (κ1) is 19.4. The molecular formula is C20H20N8O2S. The van der Waals surface area contributed by atoms with E-state index in [1.54, 1.807) is 43.3 Å². The number of carbonyl (C=O) groups is 1. The minimum Gasteiger partial charge on any atom is -0.367 e. The van der Waals surface area contributed by atoms with Gasteiger partial charge in [0.25, 0.3) is 5.91 Å². The Bertz CT molecular complexity index is 1320. The fraction of sp³-hybridized carbons (Fsp3) is 0.250. The summed E-state index contributed by atoms with van der Waals surface area (Å²) in [6.07, 6.45) is 6.61. The molecule has 0 saturated carbocycles. The lowest BCUT2D eigenvalue weighted by molar-refractivity contribution is 0.102. The molecule has 1 amide bonds. The van der Waals surface area contributed by atoms with Crippen LogP contribution in [0.15, 0.2) is 47.1 Å². The van der Waals surface area contributed by atoms with Gasteiger partial charge in [0.2, 0.25) is 0 Å². The lowest BCUT2D eigenvalue weighted by atomic mass is 10.2. The number of carbonyl (C=O) groups excluding carboxylic acids is 1. The van der Waals surface area contributed by atoms with Crippen LogP contribution in [0.1, 0.15) is 10.5 Å². The summed E-state index contributed by atoms with van der Waals surface area (Å²) in [6, 6.07) is 3.67. The fourth-order valence-electron chi connectivity index (χ4n) is 3.70. The molecule has 10 nitrogen and oxygen atoms in total. The molecule has 0 unspecified atom stereocenters. The van der Waals surface area contributed by atoms with Crippen molar-refractivity contribution in [3.05, 3.63) is 58.5 Å². The van der Waals surface area contributed by atoms with Crippen molar-refractivity contribution >= 4 is 39.7 Å². The maximum absolute atomic E-state index is 12.9. The summed E-state index contributed by atoms with van der Waals surface area (Å²) < 4.78 is 3.01. The normalized spacial score (nSPS) is 14.2. The van der Waals surface area contributed by atoms with Crippen LogP contribution in [0.3, 0.4) is 0 Å². The van der Waals surface area contributed by atoms with Crippen LogP contribution in [0, 0.1) is 0 Å². The van der Waals surface area contributed by atoms with Crippen LogP contribution in [0.25, 0.3) is 16.2 Å². The number of nitrogens with one attached hydrogen (secondary N) is 2. The van der Waals surface area contributed by atoms with Crippen LogP contribution in [0.4, 0.5) is 11.4 Å². The van der Waals surface area contributed by atoms with Gasteiger partial charge >= 0.3 is 5.69 Å². The molecule has 0 bridgehead atoms. The second kappa shape index (κ2) is 7.93. The number of piperazine rings is 1. The van der Waals surface area contributed by atoms with E-state index in [2.05, 4.69) is 30.5 Å². The molecule has 5 rings (SSSR count). The van der Waals surface area contributed by atoms with Crippen molar-refractivity contribution in [1.29, 1.82) is 0 Å². The molecule has 0 aliphatic carbocycles. The molecular weight excluding hydrogens is 416 g/mol. The third kappa shape index (κ3) is 3.47. The highest BCUT2D eigenvalue weighted by atomic mass is 32.1. The first-order valence-corrected chi connectivity index (χ1v) is 10.7. The maximum Gasteiger partial charge on any atom is 0.335 e. The lowest BCUT2D eigenvalue weighted by Crippen LogP contribution is -2.43. The number of nitrogens with zero attached hydrogens (tertiary/aromatic N) is 6. The Balaban J connectivity index is 1.44. The van der Waals surface area contributed by atoms with Crippen LogP contribution in [0.2, 0.25) is 0 Å². The van der Waals surface area contributed by atoms with Crippen molar-refractivity contribution in [1.82, 2.24) is 29.4 Å². The van der Waals surface area contributed by atoms with Gasteiger partial charge < -0.3 is 15.5 Å². The highest BCUT2D eigenvalue weighted by Crippen LogP contribution is 2.26. The van der Waals surface area contributed by atoms with E-state index in [1.165, 1.54) is 20.5 Å². The molecule has 11 heteroatoms. The van der Waals surface area contributed by atoms with E-state index in [0.717, 1.165) is 37.4 Å². The summed E-state index contributed by atoms with van der Waals surface area (Å²) in [6.45, 7) is 3.48. The Morgan fingerprint density at radius 1 is 1.13 bits per heavy atom. The van der Waals surface area contributed by atoms with Crippen molar-refractivity contribution in [3.8, 4) is 5.13 Å². The summed E-state index contributed by atoms with van der Waals surface area (Å²) in [5.74, 6) is -0.349. The van der Waals surface area contributed by atoms with Gasteiger partial charge in [-0.1, -0.05) is 0 Å². The Hall–Kier alpha value is -3.57. The number of aromatic nitrogens is 5. The molecule has 0 aromatic carbocycles. The number of aryl methyl sites for hydroxylation is 1. The zero-order chi connectivity index (χ0) is 21.4. The van der Waals surface area contributed by atoms with Crippen LogP contribution in [-0.4, -0.2) is 56.2 Å². The van der Waals surface area contributed by atoms with Gasteiger partial charge in [-0.15, -0.1) is 11.3 Å². The summed E-state index contributed by atoms with van der Waals surface area (Å²) in [5, 5.41) is 8.31. The van der Waals surface area contributed by atoms with E-state index in [4.69, 9.17) is 0 Å². The molecule has 158 valence electrons. The molecule has 4 aromatic rings. The van der Waals surface area contributed by atoms with E-state index in [-0.39, 0.29) is 17.3 Å². The largest absolute Gasteiger partial charge is 0.367 e. The molecule has 4 aromatic heterocycles. The smallest absolute Gasteiger partial charge is 0.335 e. The second-order valence-corrected chi connectivity index (χ2v) is 7.98. The standard InChI is InChI=1S/C20H20N8O2S/c1-26-16-3-5-23-11-17(16)28(20(26)30)19-25-14(12-31-19)18(29)24-13-10-22-4-2-15(13)27-8-6-21-7-9-27/h2-5,10-12,21H,6-9H2,1H3,(H,24,29). The number of hydrogen-bond donors (Lipinski definition) is 2. The fourth-order valence-corrected chi connectivity index (χ4v) is 4.51. The zero-order valence-corrected chi connectivity index (χ0v) is 17.6. The van der Waals surface area contributed by atoms with Gasteiger partial charge in [-0.2, -0.15) is 0 Å². The summed E-state index contributed by atoms with van der Waals surface area (Å²) in [5.41, 5.74) is 2.95. The second-order valence-electron chi connectivity index (χ2n) is 7.14. The highest BCUT2D eigenvalue weighted by molar-refractivity contribution is 7.12. The monoisotopic (exact) mass is 436 g/mol. The molecule has 2 N–H and O–H groups in total. The van der Waals surface area contributed by atoms with Gasteiger partial charge in [0.05, 0.1) is 34.8 Å². The first-order chi connectivity index (χ1) is 15.1. The molecule has 5 heterocycles. The van der Waals surface area contributed by atoms with Gasteiger partial charge in [-0.05, 0) is 12.1 Å². The molecule has 1 saturated heterocycles. The average Bonchev–Trinajstić information content (AvgIpc) is 3.38. The van der Waals surface area contributed by atoms with Crippen LogP contribution in [0.5, 0.6) is 0 Å². The number of hydrogen-bond acceptors (Lipinski definition) is 8. The predicted molar refractivity (Wildman–Crippen MR) is 119 cm³/mol. The van der Waals surface area contributed by atoms with E-state index < -0.39 is 0 Å². The average molecular weight is 437 g/mol. The molecule has 31 heavy (non-hydrogen) atoms. The minimum absolute atomic E-state index is 0.238. The zero-order valence-electron chi connectivity index (χ0n) is 16.8. The van der Waals surface area contributed by atoms with Crippen molar-refractivity contribution in [2.75, 3.05) is 36.4 Å². The Morgan fingerprint density at radius 3 is 2.74 bits per heavy atom. The lowest BCUT2D eigenvalue weighted by Gasteiger charge is -2.30. The summed E-state index contributed by atoms with van der Waals surface area (Å²) >= 11 is 1.23. The molecule has 0 radical (unpaired) electrons. The van der Waals surface area contributed by atoms with Crippen molar-refractivity contribution < 1.29 is 4.79 Å². The Morgan fingerprint density at radius 2 is 1.90 bits per heavy atom. The molecule has 0 spiro atoms. The number of thiazole rings is 1. The van der Waals surface area contributed by atoms with E-state index in [0.29, 0.717) is 16.3 Å². The molecule has 0 atom stereocenters. The highest BCUT2D eigenvalue weighted by Gasteiger charge is 2.20. The Labute approximate surface area is 181 Å². The van der Waals surface area contributed by atoms with Gasteiger partial charge in [0.15, 0.2) is 5.13 Å². The maximum atomic E-state index is 12.9. The van der Waals surface area contributed by atoms with Crippen molar-refractivity contribution in [2.24, 2.45) is 7.05 Å². The summed E-state index contributed by atoms with van der Waals surface area (Å²) in [4.78, 5) is 40.6. The first-order valence-electron chi connectivity index (χ1n) is 9.82. The van der Waals surface area contributed by atoms with Crippen LogP contribution < -0.4 is 21.2 Å². The van der Waals surface area contributed by atoms with Crippen LogP contribution >= 0.6 is 11.3 Å². The van der Waals surface area contributed by atoms with E-state index in [9.17, 15) is 9.59 Å². The number of rotatable bonds is 4. The van der Waals surface area contributed by atoms with Crippen molar-refractivity contribution in [2.45, 2.75) is 0 Å².